The Balaban J connectivity index is 1.78. The molecule has 0 saturated carbocycles. The minimum absolute atomic E-state index is 0.684. The number of hydrogen-bond donors (Lipinski definition) is 0. The van der Waals surface area contributed by atoms with Crippen LogP contribution in [0.25, 0.3) is 0 Å². The summed E-state index contributed by atoms with van der Waals surface area (Å²) in [4.78, 5) is 5.49. The molecule has 2 aromatic carbocycles. The van der Waals surface area contributed by atoms with Crippen molar-refractivity contribution < 1.29 is 4.42 Å². The standard InChI is InChI=1S/C17H10Br2ClNOS/c18-14-3-1-2-4-16(14)21-10-12-9-15(19)17(22-12)23-13-7-5-11(20)6-8-13/h1-10H. The number of rotatable bonds is 4. The Morgan fingerprint density at radius 3 is 2.48 bits per heavy atom. The van der Waals surface area contributed by atoms with Crippen LogP contribution in [0.15, 0.2) is 82.9 Å². The van der Waals surface area contributed by atoms with E-state index in [0.717, 1.165) is 24.6 Å². The van der Waals surface area contributed by atoms with Gasteiger partial charge in [0.25, 0.3) is 0 Å². The average Bonchev–Trinajstić information content (AvgIpc) is 2.89. The average molecular weight is 472 g/mol. The van der Waals surface area contributed by atoms with Crippen LogP contribution in [-0.4, -0.2) is 6.21 Å². The molecule has 0 N–H and O–H groups in total. The number of nitrogens with zero attached hydrogens (tertiary/aromatic N) is 1. The van der Waals surface area contributed by atoms with Crippen LogP contribution in [-0.2, 0) is 0 Å². The van der Waals surface area contributed by atoms with Gasteiger partial charge in [0, 0.05) is 20.5 Å². The van der Waals surface area contributed by atoms with Gasteiger partial charge < -0.3 is 4.42 Å². The van der Waals surface area contributed by atoms with Crippen LogP contribution in [0.5, 0.6) is 0 Å². The van der Waals surface area contributed by atoms with E-state index in [1.54, 1.807) is 6.21 Å². The number of furan rings is 1. The van der Waals surface area contributed by atoms with E-state index in [-0.39, 0.29) is 0 Å². The Morgan fingerprint density at radius 1 is 1.00 bits per heavy atom. The Bertz CT molecular complexity index is 846. The van der Waals surface area contributed by atoms with E-state index >= 15 is 0 Å². The molecule has 0 saturated heterocycles. The molecule has 2 nitrogen and oxygen atoms in total. The summed E-state index contributed by atoms with van der Waals surface area (Å²) >= 11 is 14.4. The fourth-order valence-corrected chi connectivity index (χ4v) is 3.64. The van der Waals surface area contributed by atoms with Crippen LogP contribution in [0.4, 0.5) is 5.69 Å². The molecule has 0 spiro atoms. The van der Waals surface area contributed by atoms with E-state index in [1.165, 1.54) is 11.8 Å². The number of benzene rings is 2. The van der Waals surface area contributed by atoms with Crippen molar-refractivity contribution in [2.45, 2.75) is 9.99 Å². The molecule has 0 fully saturated rings. The van der Waals surface area contributed by atoms with E-state index in [2.05, 4.69) is 36.9 Å². The van der Waals surface area contributed by atoms with Crippen molar-refractivity contribution in [3.63, 3.8) is 0 Å². The van der Waals surface area contributed by atoms with E-state index in [9.17, 15) is 0 Å². The first-order chi connectivity index (χ1) is 11.1. The highest BCUT2D eigenvalue weighted by Crippen LogP contribution is 2.36. The first kappa shape index (κ1) is 16.8. The van der Waals surface area contributed by atoms with Crippen LogP contribution in [0.1, 0.15) is 5.76 Å². The topological polar surface area (TPSA) is 25.5 Å². The molecule has 3 rings (SSSR count). The molecule has 0 aliphatic heterocycles. The molecule has 0 aliphatic carbocycles. The third kappa shape index (κ3) is 4.51. The third-order valence-electron chi connectivity index (χ3n) is 2.88. The van der Waals surface area contributed by atoms with Gasteiger partial charge in [0.05, 0.1) is 16.4 Å². The molecular formula is C17H10Br2ClNOS. The van der Waals surface area contributed by atoms with Crippen molar-refractivity contribution >= 4 is 67.1 Å². The monoisotopic (exact) mass is 469 g/mol. The molecule has 0 radical (unpaired) electrons. The molecule has 0 aliphatic rings. The molecule has 23 heavy (non-hydrogen) atoms. The summed E-state index contributed by atoms with van der Waals surface area (Å²) in [5.74, 6) is 0.684. The van der Waals surface area contributed by atoms with E-state index in [1.807, 2.05) is 54.6 Å². The molecule has 0 unspecified atom stereocenters. The van der Waals surface area contributed by atoms with Crippen LogP contribution >= 0.6 is 55.2 Å². The largest absolute Gasteiger partial charge is 0.447 e. The molecule has 1 heterocycles. The molecule has 1 aromatic heterocycles. The van der Waals surface area contributed by atoms with Crippen molar-refractivity contribution in [2.75, 3.05) is 0 Å². The Kier molecular flexibility index (Phi) is 5.64. The lowest BCUT2D eigenvalue weighted by molar-refractivity contribution is 0.466. The lowest BCUT2D eigenvalue weighted by Crippen LogP contribution is -1.75. The summed E-state index contributed by atoms with van der Waals surface area (Å²) in [6.07, 6.45) is 1.71. The summed E-state index contributed by atoms with van der Waals surface area (Å²) in [6.45, 7) is 0. The number of para-hydroxylation sites is 1. The van der Waals surface area contributed by atoms with Crippen LogP contribution in [0.3, 0.4) is 0 Å². The maximum absolute atomic E-state index is 5.90. The van der Waals surface area contributed by atoms with Gasteiger partial charge in [-0.05, 0) is 68.3 Å². The maximum atomic E-state index is 5.90. The zero-order valence-corrected chi connectivity index (χ0v) is 16.4. The number of hydrogen-bond acceptors (Lipinski definition) is 3. The van der Waals surface area contributed by atoms with Crippen molar-refractivity contribution in [1.82, 2.24) is 0 Å². The predicted octanol–water partition coefficient (Wildman–Crippen LogP) is 7.36. The van der Waals surface area contributed by atoms with Gasteiger partial charge in [0.2, 0.25) is 0 Å². The highest BCUT2D eigenvalue weighted by molar-refractivity contribution is 9.10. The molecule has 3 aromatic rings. The van der Waals surface area contributed by atoms with Crippen molar-refractivity contribution in [3.05, 3.63) is 74.3 Å². The second kappa shape index (κ2) is 7.71. The van der Waals surface area contributed by atoms with E-state index in [4.69, 9.17) is 16.0 Å². The quantitative estimate of drug-likeness (QED) is 0.372. The van der Waals surface area contributed by atoms with Gasteiger partial charge in [-0.1, -0.05) is 35.5 Å². The van der Waals surface area contributed by atoms with Crippen LogP contribution < -0.4 is 0 Å². The lowest BCUT2D eigenvalue weighted by atomic mass is 10.3. The van der Waals surface area contributed by atoms with Crippen LogP contribution in [0, 0.1) is 0 Å². The summed E-state index contributed by atoms with van der Waals surface area (Å²) in [7, 11) is 0. The molecule has 116 valence electrons. The molecule has 6 heteroatoms. The summed E-state index contributed by atoms with van der Waals surface area (Å²) in [5.41, 5.74) is 0.854. The number of aliphatic imine (C=N–C) groups is 1. The summed E-state index contributed by atoms with van der Waals surface area (Å²) in [5, 5.41) is 1.50. The van der Waals surface area contributed by atoms with E-state index < -0.39 is 0 Å². The maximum Gasteiger partial charge on any atom is 0.179 e. The SMILES string of the molecule is Clc1ccc(Sc2oc(C=Nc3ccccc3Br)cc2Br)cc1. The van der Waals surface area contributed by atoms with Gasteiger partial charge in [-0.25, -0.2) is 0 Å². The van der Waals surface area contributed by atoms with Crippen molar-refractivity contribution in [2.24, 2.45) is 4.99 Å². The van der Waals surface area contributed by atoms with Gasteiger partial charge in [-0.15, -0.1) is 0 Å². The lowest BCUT2D eigenvalue weighted by Gasteiger charge is -1.98. The molecule has 0 bridgehead atoms. The fraction of sp³-hybridized carbons (Fsp3) is 0. The van der Waals surface area contributed by atoms with Gasteiger partial charge in [0.15, 0.2) is 5.09 Å². The third-order valence-corrected chi connectivity index (χ3v) is 5.65. The molecule has 0 amide bonds. The second-order valence-corrected chi connectivity index (χ2v) is 7.74. The van der Waals surface area contributed by atoms with Gasteiger partial charge in [-0.3, -0.25) is 4.99 Å². The van der Waals surface area contributed by atoms with Crippen molar-refractivity contribution in [1.29, 1.82) is 0 Å². The summed E-state index contributed by atoms with van der Waals surface area (Å²) in [6, 6.07) is 17.3. The highest BCUT2D eigenvalue weighted by Gasteiger charge is 2.10. The molecule has 0 atom stereocenters. The summed E-state index contributed by atoms with van der Waals surface area (Å²) < 4.78 is 7.67. The van der Waals surface area contributed by atoms with Gasteiger partial charge in [0.1, 0.15) is 5.76 Å². The predicted molar refractivity (Wildman–Crippen MR) is 103 cm³/mol. The Hall–Kier alpha value is -1.01. The molecular weight excluding hydrogens is 462 g/mol. The number of halogens is 3. The first-order valence-electron chi connectivity index (χ1n) is 6.63. The normalized spacial score (nSPS) is 11.3. The minimum Gasteiger partial charge on any atom is -0.447 e. The Morgan fingerprint density at radius 2 is 1.74 bits per heavy atom. The van der Waals surface area contributed by atoms with E-state index in [0.29, 0.717) is 10.8 Å². The van der Waals surface area contributed by atoms with Crippen molar-refractivity contribution in [3.8, 4) is 0 Å². The van der Waals surface area contributed by atoms with Gasteiger partial charge >= 0.3 is 0 Å². The highest BCUT2D eigenvalue weighted by atomic mass is 79.9. The fourth-order valence-electron chi connectivity index (χ4n) is 1.80. The Labute approximate surface area is 160 Å². The zero-order chi connectivity index (χ0) is 16.2. The van der Waals surface area contributed by atoms with Gasteiger partial charge in [-0.2, -0.15) is 0 Å². The minimum atomic E-state index is 0.684. The zero-order valence-electron chi connectivity index (χ0n) is 11.7. The first-order valence-corrected chi connectivity index (χ1v) is 9.41. The second-order valence-electron chi connectivity index (χ2n) is 4.55. The smallest absolute Gasteiger partial charge is 0.179 e. The van der Waals surface area contributed by atoms with Crippen LogP contribution in [0.2, 0.25) is 5.02 Å².